The summed E-state index contributed by atoms with van der Waals surface area (Å²) >= 11 is 0. The van der Waals surface area contributed by atoms with Crippen molar-refractivity contribution in [2.75, 3.05) is 0 Å². The predicted octanol–water partition coefficient (Wildman–Crippen LogP) is 4.08. The monoisotopic (exact) mass is 287 g/mol. The second kappa shape index (κ2) is 7.06. The molecule has 1 unspecified atom stereocenters. The van der Waals surface area contributed by atoms with Gasteiger partial charge in [0, 0.05) is 5.92 Å². The highest BCUT2D eigenvalue weighted by molar-refractivity contribution is 5.14. The summed E-state index contributed by atoms with van der Waals surface area (Å²) < 4.78 is 12.5. The maximum absolute atomic E-state index is 9.10. The van der Waals surface area contributed by atoms with E-state index < -0.39 is 0 Å². The second-order valence-corrected chi connectivity index (χ2v) is 5.81. The molecule has 1 heterocycles. The molecule has 1 fully saturated rings. The lowest BCUT2D eigenvalue weighted by Crippen LogP contribution is -2.45. The Bertz CT molecular complexity index is 482. The first-order valence-electron chi connectivity index (χ1n) is 7.88. The Kier molecular flexibility index (Phi) is 5.39. The van der Waals surface area contributed by atoms with Crippen molar-refractivity contribution in [1.82, 2.24) is 0 Å². The number of hydrogen-bond acceptors (Lipinski definition) is 3. The second-order valence-electron chi connectivity index (χ2n) is 5.81. The molecule has 1 saturated heterocycles. The summed E-state index contributed by atoms with van der Waals surface area (Å²) in [5, 5.41) is 9.10. The van der Waals surface area contributed by atoms with Crippen LogP contribution in [0.4, 0.5) is 0 Å². The van der Waals surface area contributed by atoms with Gasteiger partial charge < -0.3 is 9.47 Å². The maximum Gasteiger partial charge on any atom is 0.100 e. The number of hydrogen-bond donors (Lipinski definition) is 0. The van der Waals surface area contributed by atoms with Crippen molar-refractivity contribution in [2.45, 2.75) is 64.4 Å². The van der Waals surface area contributed by atoms with Crippen LogP contribution < -0.4 is 0 Å². The van der Waals surface area contributed by atoms with Crippen LogP contribution in [0.15, 0.2) is 30.3 Å². The van der Waals surface area contributed by atoms with E-state index in [4.69, 9.17) is 14.7 Å². The first kappa shape index (κ1) is 16.0. The van der Waals surface area contributed by atoms with Crippen molar-refractivity contribution < 1.29 is 9.47 Å². The zero-order valence-corrected chi connectivity index (χ0v) is 13.2. The molecule has 0 N–H and O–H groups in total. The molecule has 0 spiro atoms. The molecule has 1 aromatic rings. The van der Waals surface area contributed by atoms with Gasteiger partial charge in [0.05, 0.1) is 25.2 Å². The highest BCUT2D eigenvalue weighted by atomic mass is 16.6. The molecule has 1 aliphatic rings. The number of nitriles is 1. The lowest BCUT2D eigenvalue weighted by atomic mass is 9.80. The fourth-order valence-electron chi connectivity index (χ4n) is 3.47. The molecule has 3 heteroatoms. The average molecular weight is 287 g/mol. The van der Waals surface area contributed by atoms with E-state index in [0.717, 1.165) is 18.4 Å². The van der Waals surface area contributed by atoms with E-state index in [1.807, 2.05) is 18.2 Å². The molecule has 1 aliphatic heterocycles. The van der Waals surface area contributed by atoms with Gasteiger partial charge >= 0.3 is 0 Å². The first-order chi connectivity index (χ1) is 10.2. The van der Waals surface area contributed by atoms with Crippen molar-refractivity contribution in [1.29, 1.82) is 5.26 Å². The Hall–Kier alpha value is -1.37. The quantitative estimate of drug-likeness (QED) is 0.791. The van der Waals surface area contributed by atoms with E-state index in [1.54, 1.807) is 0 Å². The van der Waals surface area contributed by atoms with Gasteiger partial charge in [-0.05, 0) is 18.4 Å². The number of benzene rings is 1. The van der Waals surface area contributed by atoms with Gasteiger partial charge in [-0.25, -0.2) is 0 Å². The fraction of sp³-hybridized carbons (Fsp3) is 0.611. The van der Waals surface area contributed by atoms with E-state index in [1.165, 1.54) is 0 Å². The summed E-state index contributed by atoms with van der Waals surface area (Å²) in [7, 11) is 0. The van der Waals surface area contributed by atoms with Gasteiger partial charge in [0.1, 0.15) is 11.7 Å². The lowest BCUT2D eigenvalue weighted by Gasteiger charge is -2.36. The third kappa shape index (κ3) is 3.12. The SMILES string of the molecule is CC[C@H]1OC(CC#N)[C@](CC)(OCc2ccccc2)[C@@H]1C. The van der Waals surface area contributed by atoms with Gasteiger partial charge in [0.2, 0.25) is 0 Å². The molecule has 0 radical (unpaired) electrons. The van der Waals surface area contributed by atoms with Crippen LogP contribution in [0.3, 0.4) is 0 Å². The van der Waals surface area contributed by atoms with Gasteiger partial charge in [0.25, 0.3) is 0 Å². The molecule has 0 bridgehead atoms. The summed E-state index contributed by atoms with van der Waals surface area (Å²) in [6.45, 7) is 7.03. The molecule has 0 aromatic heterocycles. The summed E-state index contributed by atoms with van der Waals surface area (Å²) in [5.41, 5.74) is 0.805. The Morgan fingerprint density at radius 1 is 1.29 bits per heavy atom. The van der Waals surface area contributed by atoms with Gasteiger partial charge in [-0.2, -0.15) is 5.26 Å². The number of nitrogens with zero attached hydrogens (tertiary/aromatic N) is 1. The number of ether oxygens (including phenoxy) is 2. The topological polar surface area (TPSA) is 42.2 Å². The van der Waals surface area contributed by atoms with Crippen LogP contribution in [0, 0.1) is 17.2 Å². The Labute approximate surface area is 127 Å². The molecule has 2 rings (SSSR count). The Balaban J connectivity index is 2.18. The van der Waals surface area contributed by atoms with Crippen molar-refractivity contribution in [2.24, 2.45) is 5.92 Å². The molecule has 4 atom stereocenters. The Morgan fingerprint density at radius 2 is 2.00 bits per heavy atom. The first-order valence-corrected chi connectivity index (χ1v) is 7.88. The molecule has 0 amide bonds. The van der Waals surface area contributed by atoms with E-state index in [2.05, 4.69) is 39.0 Å². The smallest absolute Gasteiger partial charge is 0.100 e. The number of rotatable bonds is 6. The van der Waals surface area contributed by atoms with Gasteiger partial charge in [0.15, 0.2) is 0 Å². The summed E-state index contributed by atoms with van der Waals surface area (Å²) in [6.07, 6.45) is 2.27. The minimum absolute atomic E-state index is 0.129. The van der Waals surface area contributed by atoms with Crippen LogP contribution in [-0.4, -0.2) is 17.8 Å². The van der Waals surface area contributed by atoms with Crippen molar-refractivity contribution >= 4 is 0 Å². The average Bonchev–Trinajstić information content (AvgIpc) is 2.79. The van der Waals surface area contributed by atoms with Crippen LogP contribution in [0.25, 0.3) is 0 Å². The third-order valence-electron chi connectivity index (χ3n) is 4.79. The third-order valence-corrected chi connectivity index (χ3v) is 4.79. The zero-order valence-electron chi connectivity index (χ0n) is 13.2. The molecule has 0 aliphatic carbocycles. The van der Waals surface area contributed by atoms with Crippen LogP contribution >= 0.6 is 0 Å². The minimum Gasteiger partial charge on any atom is -0.371 e. The maximum atomic E-state index is 9.10. The highest BCUT2D eigenvalue weighted by Gasteiger charge is 2.53. The Morgan fingerprint density at radius 3 is 2.57 bits per heavy atom. The normalized spacial score (nSPS) is 32.0. The molecule has 21 heavy (non-hydrogen) atoms. The van der Waals surface area contributed by atoms with Crippen LogP contribution in [0.2, 0.25) is 0 Å². The van der Waals surface area contributed by atoms with Gasteiger partial charge in [-0.3, -0.25) is 0 Å². The van der Waals surface area contributed by atoms with E-state index in [0.29, 0.717) is 18.9 Å². The van der Waals surface area contributed by atoms with E-state index in [-0.39, 0.29) is 17.8 Å². The molecule has 114 valence electrons. The van der Waals surface area contributed by atoms with Gasteiger partial charge in [-0.15, -0.1) is 0 Å². The summed E-state index contributed by atoms with van der Waals surface area (Å²) in [4.78, 5) is 0. The standard InChI is InChI=1S/C18H25NO2/c1-4-16-14(3)18(5-2,17(21-16)11-12-19)20-13-15-9-7-6-8-10-15/h6-10,14,16-17H,4-5,11,13H2,1-3H3/t14-,16-,17?,18-/m1/s1. The van der Waals surface area contributed by atoms with Crippen molar-refractivity contribution in [3.63, 3.8) is 0 Å². The molecule has 1 aromatic carbocycles. The van der Waals surface area contributed by atoms with Crippen molar-refractivity contribution in [3.8, 4) is 6.07 Å². The van der Waals surface area contributed by atoms with E-state index in [9.17, 15) is 0 Å². The summed E-state index contributed by atoms with van der Waals surface area (Å²) in [6, 6.07) is 12.4. The van der Waals surface area contributed by atoms with Crippen LogP contribution in [0.5, 0.6) is 0 Å². The van der Waals surface area contributed by atoms with Crippen LogP contribution in [0.1, 0.15) is 45.6 Å². The molecule has 0 saturated carbocycles. The van der Waals surface area contributed by atoms with E-state index >= 15 is 0 Å². The lowest BCUT2D eigenvalue weighted by molar-refractivity contribution is -0.116. The molecule has 3 nitrogen and oxygen atoms in total. The minimum atomic E-state index is -0.355. The zero-order chi connectivity index (χ0) is 15.3. The van der Waals surface area contributed by atoms with Gasteiger partial charge in [-0.1, -0.05) is 51.1 Å². The molecular weight excluding hydrogens is 262 g/mol. The van der Waals surface area contributed by atoms with Crippen LogP contribution in [-0.2, 0) is 16.1 Å². The largest absolute Gasteiger partial charge is 0.371 e. The highest BCUT2D eigenvalue weighted by Crippen LogP contribution is 2.44. The molecular formula is C18H25NO2. The summed E-state index contributed by atoms with van der Waals surface area (Å²) in [5.74, 6) is 0.301. The predicted molar refractivity (Wildman–Crippen MR) is 82.6 cm³/mol. The fourth-order valence-corrected chi connectivity index (χ4v) is 3.47. The van der Waals surface area contributed by atoms with Crippen molar-refractivity contribution in [3.05, 3.63) is 35.9 Å².